The van der Waals surface area contributed by atoms with Crippen LogP contribution in [0.2, 0.25) is 0 Å². The Kier molecular flexibility index (Phi) is 5.09. The number of hydrogen-bond acceptors (Lipinski definition) is 5. The molecule has 5 heteroatoms. The topological polar surface area (TPSA) is 53.3 Å². The minimum Gasteiger partial charge on any atom is -0.378 e. The van der Waals surface area contributed by atoms with Gasteiger partial charge in [-0.05, 0) is 47.7 Å². The van der Waals surface area contributed by atoms with Crippen LogP contribution in [0.4, 0.5) is 5.69 Å². The number of nitrogens with zero attached hydrogens (tertiary/aromatic N) is 2. The van der Waals surface area contributed by atoms with Crippen molar-refractivity contribution < 1.29 is 9.53 Å². The van der Waals surface area contributed by atoms with E-state index in [9.17, 15) is 10.1 Å². The lowest BCUT2D eigenvalue weighted by atomic mass is 10.0. The zero-order chi connectivity index (χ0) is 16.9. The molecule has 2 aromatic rings. The summed E-state index contributed by atoms with van der Waals surface area (Å²) in [5.74, 6) is -0.206. The van der Waals surface area contributed by atoms with Crippen LogP contribution in [0.15, 0.2) is 41.3 Å². The minimum atomic E-state index is -0.206. The lowest BCUT2D eigenvalue weighted by Gasteiger charge is -2.28. The van der Waals surface area contributed by atoms with Gasteiger partial charge in [-0.15, -0.1) is 11.3 Å². The number of carbonyl (C=O) groups is 1. The molecule has 0 saturated carbocycles. The molecule has 3 rings (SSSR count). The lowest BCUT2D eigenvalue weighted by Crippen LogP contribution is -2.36. The highest BCUT2D eigenvalue weighted by Gasteiger charge is 2.16. The van der Waals surface area contributed by atoms with Gasteiger partial charge in [-0.25, -0.2) is 0 Å². The van der Waals surface area contributed by atoms with Gasteiger partial charge in [0.1, 0.15) is 11.6 Å². The summed E-state index contributed by atoms with van der Waals surface area (Å²) in [6.45, 7) is 5.14. The standard InChI is InChI=1S/C19H18N2O2S/c1-14-6-11-24-19(14)18(22)16(13-20)12-15-2-4-17(5-3-15)21-7-9-23-10-8-21/h2-6,11-12H,7-10H2,1H3/b16-12-. The highest BCUT2D eigenvalue weighted by Crippen LogP contribution is 2.22. The van der Waals surface area contributed by atoms with E-state index in [-0.39, 0.29) is 11.4 Å². The summed E-state index contributed by atoms with van der Waals surface area (Å²) in [6.07, 6.45) is 1.66. The first-order chi connectivity index (χ1) is 11.7. The van der Waals surface area contributed by atoms with E-state index in [4.69, 9.17) is 4.74 Å². The zero-order valence-electron chi connectivity index (χ0n) is 13.5. The van der Waals surface area contributed by atoms with E-state index in [1.54, 1.807) is 6.08 Å². The van der Waals surface area contributed by atoms with Crippen LogP contribution in [0, 0.1) is 18.3 Å². The molecular weight excluding hydrogens is 320 g/mol. The maximum absolute atomic E-state index is 12.5. The van der Waals surface area contributed by atoms with Crippen molar-refractivity contribution in [2.24, 2.45) is 0 Å². The van der Waals surface area contributed by atoms with Crippen LogP contribution in [-0.2, 0) is 4.74 Å². The smallest absolute Gasteiger partial charge is 0.213 e. The highest BCUT2D eigenvalue weighted by molar-refractivity contribution is 7.12. The first kappa shape index (κ1) is 16.4. The normalized spacial score (nSPS) is 15.2. The van der Waals surface area contributed by atoms with E-state index in [1.807, 2.05) is 48.7 Å². The van der Waals surface area contributed by atoms with E-state index < -0.39 is 0 Å². The van der Waals surface area contributed by atoms with Crippen LogP contribution in [0.5, 0.6) is 0 Å². The van der Waals surface area contributed by atoms with Gasteiger partial charge in [0, 0.05) is 18.8 Å². The van der Waals surface area contributed by atoms with Gasteiger partial charge in [-0.2, -0.15) is 5.26 Å². The van der Waals surface area contributed by atoms with Gasteiger partial charge in [0.2, 0.25) is 5.78 Å². The van der Waals surface area contributed by atoms with Crippen molar-refractivity contribution in [3.05, 3.63) is 57.3 Å². The predicted octanol–water partition coefficient (Wildman–Crippen LogP) is 3.68. The minimum absolute atomic E-state index is 0.166. The van der Waals surface area contributed by atoms with Crippen LogP contribution >= 0.6 is 11.3 Å². The Balaban J connectivity index is 1.80. The van der Waals surface area contributed by atoms with Crippen molar-refractivity contribution in [1.29, 1.82) is 5.26 Å². The van der Waals surface area contributed by atoms with Gasteiger partial charge in [-0.1, -0.05) is 12.1 Å². The molecule has 0 unspecified atom stereocenters. The van der Waals surface area contributed by atoms with Gasteiger partial charge in [0.15, 0.2) is 0 Å². The third-order valence-corrected chi connectivity index (χ3v) is 5.03. The number of nitriles is 1. The zero-order valence-corrected chi connectivity index (χ0v) is 14.3. The Hall–Kier alpha value is -2.42. The van der Waals surface area contributed by atoms with E-state index in [2.05, 4.69) is 4.90 Å². The van der Waals surface area contributed by atoms with Crippen molar-refractivity contribution in [2.75, 3.05) is 31.2 Å². The van der Waals surface area contributed by atoms with Crippen molar-refractivity contribution in [3.8, 4) is 6.07 Å². The number of carbonyl (C=O) groups excluding carboxylic acids is 1. The summed E-state index contributed by atoms with van der Waals surface area (Å²) in [5.41, 5.74) is 3.06. The fraction of sp³-hybridized carbons (Fsp3) is 0.263. The molecule has 1 fully saturated rings. The van der Waals surface area contributed by atoms with E-state index in [1.165, 1.54) is 11.3 Å². The van der Waals surface area contributed by atoms with Crippen LogP contribution < -0.4 is 4.90 Å². The number of benzene rings is 1. The average molecular weight is 338 g/mol. The molecule has 1 aromatic heterocycles. The van der Waals surface area contributed by atoms with Crippen molar-refractivity contribution >= 4 is 28.9 Å². The van der Waals surface area contributed by atoms with Crippen molar-refractivity contribution in [3.63, 3.8) is 0 Å². The third-order valence-electron chi connectivity index (χ3n) is 4.01. The number of aryl methyl sites for hydroxylation is 1. The van der Waals surface area contributed by atoms with Gasteiger partial charge >= 0.3 is 0 Å². The summed E-state index contributed by atoms with van der Waals surface area (Å²) in [7, 11) is 0. The molecular formula is C19H18N2O2S. The molecule has 0 atom stereocenters. The Bertz CT molecular complexity index is 794. The summed E-state index contributed by atoms with van der Waals surface area (Å²) < 4.78 is 5.36. The fourth-order valence-electron chi connectivity index (χ4n) is 2.65. The maximum atomic E-state index is 12.5. The molecule has 0 N–H and O–H groups in total. The third kappa shape index (κ3) is 3.56. The molecule has 1 aliphatic rings. The Morgan fingerprint density at radius 2 is 1.96 bits per heavy atom. The molecule has 0 bridgehead atoms. The van der Waals surface area contributed by atoms with Crippen LogP contribution in [0.3, 0.4) is 0 Å². The second-order valence-corrected chi connectivity index (χ2v) is 6.54. The first-order valence-corrected chi connectivity index (χ1v) is 8.70. The van der Waals surface area contributed by atoms with Crippen LogP contribution in [0.1, 0.15) is 20.8 Å². The van der Waals surface area contributed by atoms with E-state index in [0.717, 1.165) is 43.1 Å². The largest absolute Gasteiger partial charge is 0.378 e. The predicted molar refractivity (Wildman–Crippen MR) is 96.5 cm³/mol. The molecule has 2 heterocycles. The summed E-state index contributed by atoms with van der Waals surface area (Å²) in [4.78, 5) is 15.4. The number of morpholine rings is 1. The Morgan fingerprint density at radius 1 is 1.25 bits per heavy atom. The number of thiophene rings is 1. The van der Waals surface area contributed by atoms with Gasteiger partial charge in [0.05, 0.1) is 18.1 Å². The molecule has 0 spiro atoms. The molecule has 0 amide bonds. The number of hydrogen-bond donors (Lipinski definition) is 0. The number of ketones is 1. The monoisotopic (exact) mass is 338 g/mol. The van der Waals surface area contributed by atoms with Crippen molar-refractivity contribution in [1.82, 2.24) is 0 Å². The van der Waals surface area contributed by atoms with E-state index >= 15 is 0 Å². The first-order valence-electron chi connectivity index (χ1n) is 7.82. The van der Waals surface area contributed by atoms with Crippen molar-refractivity contribution in [2.45, 2.75) is 6.92 Å². The average Bonchev–Trinajstić information content (AvgIpc) is 3.06. The fourth-order valence-corrected chi connectivity index (χ4v) is 3.53. The summed E-state index contributed by atoms with van der Waals surface area (Å²) >= 11 is 1.37. The summed E-state index contributed by atoms with van der Waals surface area (Å²) in [6, 6.07) is 11.9. The number of Topliss-reactive ketones (excluding diaryl/α,β-unsaturated/α-hetero) is 1. The molecule has 1 aromatic carbocycles. The number of anilines is 1. The SMILES string of the molecule is Cc1ccsc1C(=O)/C(C#N)=C\c1ccc(N2CCOCC2)cc1. The number of allylic oxidation sites excluding steroid dienone is 1. The molecule has 4 nitrogen and oxygen atoms in total. The quantitative estimate of drug-likeness (QED) is 0.485. The molecule has 122 valence electrons. The van der Waals surface area contributed by atoms with Gasteiger partial charge in [-0.3, -0.25) is 4.79 Å². The van der Waals surface area contributed by atoms with Gasteiger partial charge < -0.3 is 9.64 Å². The van der Waals surface area contributed by atoms with Crippen LogP contribution in [-0.4, -0.2) is 32.1 Å². The van der Waals surface area contributed by atoms with Gasteiger partial charge in [0.25, 0.3) is 0 Å². The molecule has 1 aliphatic heterocycles. The second kappa shape index (κ2) is 7.43. The number of ether oxygens (including phenoxy) is 1. The lowest BCUT2D eigenvalue weighted by molar-refractivity contribution is 0.104. The highest BCUT2D eigenvalue weighted by atomic mass is 32.1. The Morgan fingerprint density at radius 3 is 2.54 bits per heavy atom. The van der Waals surface area contributed by atoms with E-state index in [0.29, 0.717) is 4.88 Å². The molecule has 0 radical (unpaired) electrons. The molecule has 1 saturated heterocycles. The second-order valence-electron chi connectivity index (χ2n) is 5.62. The molecule has 24 heavy (non-hydrogen) atoms. The maximum Gasteiger partial charge on any atom is 0.213 e. The Labute approximate surface area is 145 Å². The summed E-state index contributed by atoms with van der Waals surface area (Å²) in [5, 5.41) is 11.2. The molecule has 0 aliphatic carbocycles. The van der Waals surface area contributed by atoms with Crippen LogP contribution in [0.25, 0.3) is 6.08 Å². The number of rotatable bonds is 4.